The van der Waals surface area contributed by atoms with Crippen molar-refractivity contribution in [3.63, 3.8) is 0 Å². The Labute approximate surface area is 160 Å². The SMILES string of the molecule is Cc1ccc(NC(=O)c2c(C)nsc2NC(=O)c2ccc(Cl)cc2)cc1. The summed E-state index contributed by atoms with van der Waals surface area (Å²) < 4.78 is 4.20. The second kappa shape index (κ2) is 7.68. The molecular weight excluding hydrogens is 370 g/mol. The van der Waals surface area contributed by atoms with Gasteiger partial charge in [-0.3, -0.25) is 9.59 Å². The molecule has 2 N–H and O–H groups in total. The fourth-order valence-electron chi connectivity index (χ4n) is 2.33. The average molecular weight is 386 g/mol. The minimum atomic E-state index is -0.324. The molecule has 1 heterocycles. The Kier molecular flexibility index (Phi) is 5.35. The van der Waals surface area contributed by atoms with Gasteiger partial charge in [0.1, 0.15) is 5.00 Å². The molecule has 0 saturated carbocycles. The number of rotatable bonds is 4. The van der Waals surface area contributed by atoms with Crippen LogP contribution in [0.2, 0.25) is 5.02 Å². The first kappa shape index (κ1) is 18.1. The van der Waals surface area contributed by atoms with Crippen molar-refractivity contribution in [1.29, 1.82) is 0 Å². The summed E-state index contributed by atoms with van der Waals surface area (Å²) in [6.07, 6.45) is 0. The average Bonchev–Trinajstić information content (AvgIpc) is 2.98. The summed E-state index contributed by atoms with van der Waals surface area (Å²) in [4.78, 5) is 25.0. The van der Waals surface area contributed by atoms with Crippen molar-refractivity contribution in [1.82, 2.24) is 4.37 Å². The summed E-state index contributed by atoms with van der Waals surface area (Å²) in [6, 6.07) is 14.0. The molecule has 0 atom stereocenters. The zero-order valence-electron chi connectivity index (χ0n) is 14.2. The summed E-state index contributed by atoms with van der Waals surface area (Å²) in [5.41, 5.74) is 3.16. The third-order valence-electron chi connectivity index (χ3n) is 3.73. The van der Waals surface area contributed by atoms with Gasteiger partial charge in [-0.2, -0.15) is 4.37 Å². The van der Waals surface area contributed by atoms with Gasteiger partial charge in [0, 0.05) is 16.3 Å². The monoisotopic (exact) mass is 385 g/mol. The number of benzene rings is 2. The maximum atomic E-state index is 12.7. The second-order valence-electron chi connectivity index (χ2n) is 5.75. The van der Waals surface area contributed by atoms with E-state index in [9.17, 15) is 9.59 Å². The molecule has 0 aliphatic carbocycles. The molecule has 7 heteroatoms. The van der Waals surface area contributed by atoms with Crippen molar-refractivity contribution in [2.45, 2.75) is 13.8 Å². The van der Waals surface area contributed by atoms with E-state index in [-0.39, 0.29) is 11.8 Å². The van der Waals surface area contributed by atoms with Gasteiger partial charge in [-0.15, -0.1) is 0 Å². The molecule has 0 aliphatic rings. The summed E-state index contributed by atoms with van der Waals surface area (Å²) in [5, 5.41) is 6.55. The van der Waals surface area contributed by atoms with Gasteiger partial charge < -0.3 is 10.6 Å². The van der Waals surface area contributed by atoms with Crippen LogP contribution in [0.4, 0.5) is 10.7 Å². The van der Waals surface area contributed by atoms with Gasteiger partial charge in [-0.05, 0) is 61.8 Å². The Balaban J connectivity index is 1.79. The number of aryl methyl sites for hydroxylation is 2. The lowest BCUT2D eigenvalue weighted by atomic mass is 10.2. The van der Waals surface area contributed by atoms with Crippen LogP contribution in [0.3, 0.4) is 0 Å². The molecule has 0 saturated heterocycles. The van der Waals surface area contributed by atoms with Gasteiger partial charge in [-0.1, -0.05) is 29.3 Å². The first-order valence-corrected chi connectivity index (χ1v) is 9.00. The minimum absolute atomic E-state index is 0.313. The molecule has 2 aromatic carbocycles. The third kappa shape index (κ3) is 4.09. The Bertz CT molecular complexity index is 950. The normalized spacial score (nSPS) is 10.4. The first-order chi connectivity index (χ1) is 12.4. The van der Waals surface area contributed by atoms with E-state index in [1.54, 1.807) is 31.2 Å². The van der Waals surface area contributed by atoms with Crippen molar-refractivity contribution in [2.24, 2.45) is 0 Å². The fourth-order valence-corrected chi connectivity index (χ4v) is 3.24. The number of hydrogen-bond donors (Lipinski definition) is 2. The topological polar surface area (TPSA) is 71.1 Å². The molecule has 2 amide bonds. The molecule has 0 spiro atoms. The number of hydrogen-bond acceptors (Lipinski definition) is 4. The highest BCUT2D eigenvalue weighted by Gasteiger charge is 2.20. The maximum absolute atomic E-state index is 12.7. The van der Waals surface area contributed by atoms with Crippen LogP contribution in [0, 0.1) is 13.8 Å². The minimum Gasteiger partial charge on any atom is -0.322 e. The van der Waals surface area contributed by atoms with Crippen LogP contribution in [-0.4, -0.2) is 16.2 Å². The van der Waals surface area contributed by atoms with Crippen molar-refractivity contribution in [3.05, 3.63) is 75.9 Å². The van der Waals surface area contributed by atoms with Crippen LogP contribution in [0.25, 0.3) is 0 Å². The van der Waals surface area contributed by atoms with Crippen molar-refractivity contribution in [3.8, 4) is 0 Å². The van der Waals surface area contributed by atoms with Crippen LogP contribution < -0.4 is 10.6 Å². The van der Waals surface area contributed by atoms with E-state index < -0.39 is 0 Å². The van der Waals surface area contributed by atoms with E-state index in [0.29, 0.717) is 32.5 Å². The van der Waals surface area contributed by atoms with Crippen molar-refractivity contribution >= 4 is 45.6 Å². The first-order valence-electron chi connectivity index (χ1n) is 7.85. The second-order valence-corrected chi connectivity index (χ2v) is 6.96. The maximum Gasteiger partial charge on any atom is 0.260 e. The summed E-state index contributed by atoms with van der Waals surface area (Å²) >= 11 is 6.92. The molecule has 26 heavy (non-hydrogen) atoms. The molecule has 1 aromatic heterocycles. The third-order valence-corrected chi connectivity index (χ3v) is 4.84. The molecule has 0 bridgehead atoms. The molecule has 0 fully saturated rings. The predicted octanol–water partition coefficient (Wildman–Crippen LogP) is 4.92. The zero-order valence-corrected chi connectivity index (χ0v) is 15.7. The number of nitrogens with zero attached hydrogens (tertiary/aromatic N) is 1. The predicted molar refractivity (Wildman–Crippen MR) is 105 cm³/mol. The lowest BCUT2D eigenvalue weighted by Crippen LogP contribution is -2.17. The Morgan fingerprint density at radius 2 is 1.58 bits per heavy atom. The molecule has 3 rings (SSSR count). The number of nitrogens with one attached hydrogen (secondary N) is 2. The Morgan fingerprint density at radius 3 is 2.23 bits per heavy atom. The van der Waals surface area contributed by atoms with Gasteiger partial charge >= 0.3 is 0 Å². The molecule has 0 radical (unpaired) electrons. The summed E-state index contributed by atoms with van der Waals surface area (Å²) in [6.45, 7) is 3.71. The molecule has 3 aromatic rings. The molecule has 132 valence electrons. The fraction of sp³-hybridized carbons (Fsp3) is 0.105. The van der Waals surface area contributed by atoms with Gasteiger partial charge in [0.05, 0.1) is 11.3 Å². The van der Waals surface area contributed by atoms with E-state index in [4.69, 9.17) is 11.6 Å². The van der Waals surface area contributed by atoms with E-state index in [1.807, 2.05) is 31.2 Å². The summed E-state index contributed by atoms with van der Waals surface area (Å²) in [5.74, 6) is -0.638. The van der Waals surface area contributed by atoms with E-state index in [0.717, 1.165) is 17.1 Å². The quantitative estimate of drug-likeness (QED) is 0.669. The molecule has 5 nitrogen and oxygen atoms in total. The Hall–Kier alpha value is -2.70. The van der Waals surface area contributed by atoms with Crippen LogP contribution in [-0.2, 0) is 0 Å². The number of carbonyl (C=O) groups is 2. The highest BCUT2D eigenvalue weighted by Crippen LogP contribution is 2.26. The van der Waals surface area contributed by atoms with Crippen LogP contribution in [0.5, 0.6) is 0 Å². The summed E-state index contributed by atoms with van der Waals surface area (Å²) in [7, 11) is 0. The van der Waals surface area contributed by atoms with Crippen LogP contribution in [0.1, 0.15) is 32.0 Å². The van der Waals surface area contributed by atoms with Crippen molar-refractivity contribution < 1.29 is 9.59 Å². The van der Waals surface area contributed by atoms with Crippen LogP contribution in [0.15, 0.2) is 48.5 Å². The molecule has 0 unspecified atom stereocenters. The Morgan fingerprint density at radius 1 is 0.923 bits per heavy atom. The van der Waals surface area contributed by atoms with Crippen molar-refractivity contribution in [2.75, 3.05) is 10.6 Å². The largest absolute Gasteiger partial charge is 0.322 e. The van der Waals surface area contributed by atoms with E-state index in [2.05, 4.69) is 15.0 Å². The number of carbonyl (C=O) groups excluding carboxylic acids is 2. The zero-order chi connectivity index (χ0) is 18.7. The van der Waals surface area contributed by atoms with Gasteiger partial charge in [0.25, 0.3) is 11.8 Å². The molecular formula is C19H16ClN3O2S. The van der Waals surface area contributed by atoms with Crippen LogP contribution >= 0.6 is 23.1 Å². The highest BCUT2D eigenvalue weighted by atomic mass is 35.5. The smallest absolute Gasteiger partial charge is 0.260 e. The van der Waals surface area contributed by atoms with Gasteiger partial charge in [0.2, 0.25) is 0 Å². The van der Waals surface area contributed by atoms with Gasteiger partial charge in [0.15, 0.2) is 0 Å². The lowest BCUT2D eigenvalue weighted by molar-refractivity contribution is 0.102. The standard InChI is InChI=1S/C19H16ClN3O2S/c1-11-3-9-15(10-4-11)21-18(25)16-12(2)23-26-19(16)22-17(24)13-5-7-14(20)8-6-13/h3-10H,1-2H3,(H,21,25)(H,22,24). The number of amides is 2. The van der Waals surface area contributed by atoms with E-state index in [1.165, 1.54) is 0 Å². The van der Waals surface area contributed by atoms with E-state index >= 15 is 0 Å². The molecule has 0 aliphatic heterocycles. The number of anilines is 2. The lowest BCUT2D eigenvalue weighted by Gasteiger charge is -2.08. The number of aromatic nitrogens is 1. The highest BCUT2D eigenvalue weighted by molar-refractivity contribution is 7.11. The van der Waals surface area contributed by atoms with Gasteiger partial charge in [-0.25, -0.2) is 0 Å². The number of halogens is 1.